The molecular formula is C14H21N3OS. The number of hydrogen-bond donors (Lipinski definition) is 1. The molecule has 1 aromatic heterocycles. The average molecular weight is 279 g/mol. The van der Waals surface area contributed by atoms with Crippen molar-refractivity contribution in [3.05, 3.63) is 24.4 Å². The van der Waals surface area contributed by atoms with E-state index in [1.54, 1.807) is 6.20 Å². The van der Waals surface area contributed by atoms with E-state index >= 15 is 0 Å². The maximum Gasteiger partial charge on any atom is 0.242 e. The van der Waals surface area contributed by atoms with Gasteiger partial charge in [-0.05, 0) is 50.5 Å². The third-order valence-corrected chi connectivity index (χ3v) is 4.72. The van der Waals surface area contributed by atoms with Gasteiger partial charge in [-0.3, -0.25) is 9.69 Å². The second kappa shape index (κ2) is 6.91. The van der Waals surface area contributed by atoms with Crippen LogP contribution in [0.3, 0.4) is 0 Å². The predicted octanol–water partition coefficient (Wildman–Crippen LogP) is 2.24. The smallest absolute Gasteiger partial charge is 0.242 e. The number of nitrogens with zero attached hydrogens (tertiary/aromatic N) is 2. The largest absolute Gasteiger partial charge is 0.309 e. The van der Waals surface area contributed by atoms with E-state index in [0.29, 0.717) is 11.9 Å². The lowest BCUT2D eigenvalue weighted by Gasteiger charge is -2.34. The van der Waals surface area contributed by atoms with Crippen molar-refractivity contribution in [2.45, 2.75) is 31.8 Å². The van der Waals surface area contributed by atoms with Crippen LogP contribution in [0.5, 0.6) is 0 Å². The molecule has 4 nitrogen and oxygen atoms in total. The van der Waals surface area contributed by atoms with Gasteiger partial charge >= 0.3 is 0 Å². The number of aromatic nitrogens is 1. The minimum Gasteiger partial charge on any atom is -0.309 e. The summed E-state index contributed by atoms with van der Waals surface area (Å²) in [7, 11) is 2.04. The number of anilines is 1. The standard InChI is InChI=1S/C14H21N3OS/c1-11(17(2)12-6-9-19-10-7-12)14(18)16-13-5-3-4-8-15-13/h3-5,8,11-12H,6-7,9-10H2,1-2H3,(H,15,16,18)/t11-/m1/s1. The van der Waals surface area contributed by atoms with Crippen molar-refractivity contribution in [1.82, 2.24) is 9.88 Å². The van der Waals surface area contributed by atoms with E-state index in [1.807, 2.05) is 43.9 Å². The molecule has 19 heavy (non-hydrogen) atoms. The molecule has 1 aliphatic heterocycles. The van der Waals surface area contributed by atoms with Gasteiger partial charge in [-0.15, -0.1) is 0 Å². The maximum absolute atomic E-state index is 12.2. The van der Waals surface area contributed by atoms with Gasteiger partial charge in [-0.25, -0.2) is 4.98 Å². The highest BCUT2D eigenvalue weighted by Gasteiger charge is 2.26. The van der Waals surface area contributed by atoms with Crippen LogP contribution in [-0.2, 0) is 4.79 Å². The zero-order valence-electron chi connectivity index (χ0n) is 11.5. The molecule has 1 fully saturated rings. The number of thioether (sulfide) groups is 1. The van der Waals surface area contributed by atoms with Crippen molar-refractivity contribution in [3.63, 3.8) is 0 Å². The summed E-state index contributed by atoms with van der Waals surface area (Å²) in [6, 6.07) is 5.91. The van der Waals surface area contributed by atoms with Gasteiger partial charge in [0.2, 0.25) is 5.91 Å². The summed E-state index contributed by atoms with van der Waals surface area (Å²) in [6.07, 6.45) is 4.02. The summed E-state index contributed by atoms with van der Waals surface area (Å²) < 4.78 is 0. The van der Waals surface area contributed by atoms with E-state index in [9.17, 15) is 4.79 Å². The monoisotopic (exact) mass is 279 g/mol. The van der Waals surface area contributed by atoms with Gasteiger partial charge in [-0.2, -0.15) is 11.8 Å². The first-order chi connectivity index (χ1) is 9.18. The van der Waals surface area contributed by atoms with E-state index in [1.165, 1.54) is 24.3 Å². The number of nitrogens with one attached hydrogen (secondary N) is 1. The third-order valence-electron chi connectivity index (χ3n) is 3.67. The third kappa shape index (κ3) is 3.94. The van der Waals surface area contributed by atoms with Gasteiger partial charge in [0.15, 0.2) is 0 Å². The number of carbonyl (C=O) groups is 1. The fourth-order valence-electron chi connectivity index (χ4n) is 2.26. The SMILES string of the molecule is C[C@H](C(=O)Nc1ccccn1)N(C)C1CCSCC1. The van der Waals surface area contributed by atoms with Crippen LogP contribution in [0.2, 0.25) is 0 Å². The van der Waals surface area contributed by atoms with Gasteiger partial charge in [0.05, 0.1) is 6.04 Å². The van der Waals surface area contributed by atoms with Crippen LogP contribution in [-0.4, -0.2) is 46.4 Å². The number of pyridine rings is 1. The first kappa shape index (κ1) is 14.3. The van der Waals surface area contributed by atoms with Crippen LogP contribution in [0.4, 0.5) is 5.82 Å². The first-order valence-electron chi connectivity index (χ1n) is 6.70. The Morgan fingerprint density at radius 3 is 2.84 bits per heavy atom. The molecule has 1 amide bonds. The molecule has 1 aromatic rings. The zero-order chi connectivity index (χ0) is 13.7. The highest BCUT2D eigenvalue weighted by molar-refractivity contribution is 7.99. The number of rotatable bonds is 4. The van der Waals surface area contributed by atoms with Crippen molar-refractivity contribution < 1.29 is 4.79 Å². The Bertz CT molecular complexity index is 406. The van der Waals surface area contributed by atoms with E-state index in [0.717, 1.165) is 0 Å². The molecule has 2 heterocycles. The summed E-state index contributed by atoms with van der Waals surface area (Å²) in [5.74, 6) is 3.03. The summed E-state index contributed by atoms with van der Waals surface area (Å²) in [6.45, 7) is 1.96. The number of hydrogen-bond acceptors (Lipinski definition) is 4. The number of amides is 1. The summed E-state index contributed by atoms with van der Waals surface area (Å²) >= 11 is 2.00. The van der Waals surface area contributed by atoms with Crippen molar-refractivity contribution >= 4 is 23.5 Å². The van der Waals surface area contributed by atoms with Crippen LogP contribution < -0.4 is 5.32 Å². The summed E-state index contributed by atoms with van der Waals surface area (Å²) in [4.78, 5) is 18.5. The molecule has 0 unspecified atom stereocenters. The average Bonchev–Trinajstić information content (AvgIpc) is 2.47. The molecule has 0 bridgehead atoms. The molecule has 1 atom stereocenters. The molecule has 1 N–H and O–H groups in total. The van der Waals surface area contributed by atoms with Crippen LogP contribution in [0.1, 0.15) is 19.8 Å². The topological polar surface area (TPSA) is 45.2 Å². The van der Waals surface area contributed by atoms with Gasteiger partial charge in [0, 0.05) is 12.2 Å². The van der Waals surface area contributed by atoms with E-state index in [4.69, 9.17) is 0 Å². The Hall–Kier alpha value is -1.07. The lowest BCUT2D eigenvalue weighted by atomic mass is 10.1. The van der Waals surface area contributed by atoms with Crippen molar-refractivity contribution in [1.29, 1.82) is 0 Å². The van der Waals surface area contributed by atoms with Crippen LogP contribution >= 0.6 is 11.8 Å². The highest BCUT2D eigenvalue weighted by Crippen LogP contribution is 2.22. The molecule has 0 radical (unpaired) electrons. The minimum atomic E-state index is -0.130. The molecule has 104 valence electrons. The lowest BCUT2D eigenvalue weighted by molar-refractivity contribution is -0.121. The Labute approximate surface area is 119 Å². The van der Waals surface area contributed by atoms with E-state index in [2.05, 4.69) is 15.2 Å². The summed E-state index contributed by atoms with van der Waals surface area (Å²) in [5, 5.41) is 2.86. The summed E-state index contributed by atoms with van der Waals surface area (Å²) in [5.41, 5.74) is 0. The van der Waals surface area contributed by atoms with Crippen molar-refractivity contribution in [3.8, 4) is 0 Å². The van der Waals surface area contributed by atoms with Crippen molar-refractivity contribution in [2.24, 2.45) is 0 Å². The molecule has 1 aliphatic rings. The van der Waals surface area contributed by atoms with Crippen LogP contribution in [0, 0.1) is 0 Å². The molecule has 0 saturated carbocycles. The van der Waals surface area contributed by atoms with Crippen molar-refractivity contribution in [2.75, 3.05) is 23.9 Å². The second-order valence-corrected chi connectivity index (χ2v) is 6.11. The molecule has 5 heteroatoms. The quantitative estimate of drug-likeness (QED) is 0.918. The Kier molecular flexibility index (Phi) is 5.22. The molecule has 0 aromatic carbocycles. The van der Waals surface area contributed by atoms with Gasteiger partial charge in [0.25, 0.3) is 0 Å². The number of carbonyl (C=O) groups excluding carboxylic acids is 1. The van der Waals surface area contributed by atoms with E-state index in [-0.39, 0.29) is 11.9 Å². The zero-order valence-corrected chi connectivity index (χ0v) is 12.3. The second-order valence-electron chi connectivity index (χ2n) is 4.89. The van der Waals surface area contributed by atoms with Crippen LogP contribution in [0.15, 0.2) is 24.4 Å². The van der Waals surface area contributed by atoms with Gasteiger partial charge in [-0.1, -0.05) is 6.07 Å². The number of likely N-dealkylation sites (N-methyl/N-ethyl adjacent to an activating group) is 1. The normalized spacial score (nSPS) is 18.3. The fourth-order valence-corrected chi connectivity index (χ4v) is 3.34. The highest BCUT2D eigenvalue weighted by atomic mass is 32.2. The first-order valence-corrected chi connectivity index (χ1v) is 7.85. The molecule has 0 spiro atoms. The van der Waals surface area contributed by atoms with Gasteiger partial charge < -0.3 is 5.32 Å². The Morgan fingerprint density at radius 1 is 1.47 bits per heavy atom. The Morgan fingerprint density at radius 2 is 2.21 bits per heavy atom. The maximum atomic E-state index is 12.2. The van der Waals surface area contributed by atoms with Gasteiger partial charge in [0.1, 0.15) is 5.82 Å². The predicted molar refractivity (Wildman–Crippen MR) is 80.4 cm³/mol. The molecular weight excluding hydrogens is 258 g/mol. The molecule has 1 saturated heterocycles. The minimum absolute atomic E-state index is 0.0134. The van der Waals surface area contributed by atoms with Crippen LogP contribution in [0.25, 0.3) is 0 Å². The Balaban J connectivity index is 1.90. The lowest BCUT2D eigenvalue weighted by Crippen LogP contribution is -2.46. The van der Waals surface area contributed by atoms with E-state index < -0.39 is 0 Å². The molecule has 2 rings (SSSR count). The fraction of sp³-hybridized carbons (Fsp3) is 0.571. The molecule has 0 aliphatic carbocycles.